The molecule has 0 aromatic carbocycles. The molecular weight excluding hydrogens is 280 g/mol. The van der Waals surface area contributed by atoms with Crippen LogP contribution in [-0.2, 0) is 14.3 Å². The van der Waals surface area contributed by atoms with E-state index in [4.69, 9.17) is 4.74 Å². The van der Waals surface area contributed by atoms with Crippen molar-refractivity contribution in [3.05, 3.63) is 0 Å². The molecule has 2 rings (SSSR count). The Labute approximate surface area is 126 Å². The predicted molar refractivity (Wildman–Crippen MR) is 78.8 cm³/mol. The number of hydrogen-bond acceptors (Lipinski definition) is 4. The van der Waals surface area contributed by atoms with Gasteiger partial charge in [0.2, 0.25) is 5.91 Å². The topological polar surface area (TPSA) is 58.6 Å². The summed E-state index contributed by atoms with van der Waals surface area (Å²) in [6, 6.07) is 0.293. The summed E-state index contributed by atoms with van der Waals surface area (Å²) in [7, 11) is 0. The number of nitrogens with zero attached hydrogens (tertiary/aromatic N) is 1. The van der Waals surface area contributed by atoms with E-state index < -0.39 is 5.60 Å². The Morgan fingerprint density at radius 2 is 1.90 bits per heavy atom. The average molecular weight is 305 g/mol. The number of likely N-dealkylation sites (tertiary alicyclic amines) is 1. The maximum absolute atomic E-state index is 12.1. The van der Waals surface area contributed by atoms with Crippen molar-refractivity contribution in [1.29, 1.82) is 0 Å². The standard InChI is InChI=1S/C14H24N2O3.ClH/c1-14(2,3)19-13(18)10-8-12(17)16(9-10)11-4-6-15-7-5-11;/h10-11,15H,4-9H2,1-3H3;1H. The molecule has 0 spiro atoms. The summed E-state index contributed by atoms with van der Waals surface area (Å²) in [6.45, 7) is 7.99. The summed E-state index contributed by atoms with van der Waals surface area (Å²) in [5.41, 5.74) is -0.484. The molecule has 1 unspecified atom stereocenters. The minimum atomic E-state index is -0.484. The summed E-state index contributed by atoms with van der Waals surface area (Å²) in [5.74, 6) is -0.429. The Balaban J connectivity index is 0.00000200. The molecule has 0 bridgehead atoms. The van der Waals surface area contributed by atoms with Gasteiger partial charge >= 0.3 is 5.97 Å². The second-order valence-corrected chi connectivity index (χ2v) is 6.46. The van der Waals surface area contributed by atoms with Crippen LogP contribution in [0.4, 0.5) is 0 Å². The lowest BCUT2D eigenvalue weighted by Gasteiger charge is -2.31. The summed E-state index contributed by atoms with van der Waals surface area (Å²) in [4.78, 5) is 26.0. The van der Waals surface area contributed by atoms with Gasteiger partial charge < -0.3 is 15.0 Å². The Hall–Kier alpha value is -0.810. The number of halogens is 1. The third-order valence-corrected chi connectivity index (χ3v) is 3.65. The van der Waals surface area contributed by atoms with Gasteiger partial charge in [-0.05, 0) is 46.7 Å². The molecule has 0 saturated carbocycles. The molecule has 2 saturated heterocycles. The van der Waals surface area contributed by atoms with Crippen molar-refractivity contribution in [2.75, 3.05) is 19.6 Å². The molecule has 0 aliphatic carbocycles. The highest BCUT2D eigenvalue weighted by molar-refractivity contribution is 5.87. The SMILES string of the molecule is CC(C)(C)OC(=O)C1CC(=O)N(C2CCNCC2)C1.Cl. The zero-order valence-electron chi connectivity index (χ0n) is 12.5. The first-order valence-corrected chi connectivity index (χ1v) is 7.10. The fraction of sp³-hybridized carbons (Fsp3) is 0.857. The van der Waals surface area contributed by atoms with Crippen LogP contribution in [-0.4, -0.2) is 48.1 Å². The van der Waals surface area contributed by atoms with Gasteiger partial charge in [-0.15, -0.1) is 12.4 Å². The van der Waals surface area contributed by atoms with Crippen LogP contribution in [0.3, 0.4) is 0 Å². The van der Waals surface area contributed by atoms with E-state index in [2.05, 4.69) is 5.32 Å². The Kier molecular flexibility index (Phi) is 5.83. The van der Waals surface area contributed by atoms with Crippen molar-refractivity contribution in [3.8, 4) is 0 Å². The first-order chi connectivity index (χ1) is 8.87. The van der Waals surface area contributed by atoms with Crippen LogP contribution in [0.2, 0.25) is 0 Å². The number of rotatable bonds is 2. The third-order valence-electron chi connectivity index (χ3n) is 3.65. The molecule has 0 aromatic heterocycles. The van der Waals surface area contributed by atoms with E-state index in [9.17, 15) is 9.59 Å². The van der Waals surface area contributed by atoms with Gasteiger partial charge in [0.25, 0.3) is 0 Å². The lowest BCUT2D eigenvalue weighted by Crippen LogP contribution is -2.44. The highest BCUT2D eigenvalue weighted by Crippen LogP contribution is 2.26. The maximum atomic E-state index is 12.1. The molecule has 2 aliphatic heterocycles. The number of carbonyl (C=O) groups is 2. The number of amides is 1. The largest absolute Gasteiger partial charge is 0.460 e. The van der Waals surface area contributed by atoms with Crippen molar-refractivity contribution >= 4 is 24.3 Å². The van der Waals surface area contributed by atoms with Gasteiger partial charge in [-0.25, -0.2) is 0 Å². The van der Waals surface area contributed by atoms with E-state index in [1.54, 1.807) is 0 Å². The lowest BCUT2D eigenvalue weighted by molar-refractivity contribution is -0.159. The van der Waals surface area contributed by atoms with Gasteiger partial charge in [0, 0.05) is 19.0 Å². The van der Waals surface area contributed by atoms with Crippen molar-refractivity contribution in [1.82, 2.24) is 10.2 Å². The highest BCUT2D eigenvalue weighted by atomic mass is 35.5. The van der Waals surface area contributed by atoms with Gasteiger partial charge in [0.1, 0.15) is 5.60 Å². The number of piperidine rings is 1. The molecule has 1 N–H and O–H groups in total. The van der Waals surface area contributed by atoms with Crippen LogP contribution in [0.5, 0.6) is 0 Å². The number of ether oxygens (including phenoxy) is 1. The Morgan fingerprint density at radius 3 is 2.45 bits per heavy atom. The summed E-state index contributed by atoms with van der Waals surface area (Å²) in [6.07, 6.45) is 2.26. The fourth-order valence-corrected chi connectivity index (χ4v) is 2.75. The van der Waals surface area contributed by atoms with Crippen LogP contribution in [0.15, 0.2) is 0 Å². The molecule has 0 radical (unpaired) electrons. The first-order valence-electron chi connectivity index (χ1n) is 7.10. The van der Waals surface area contributed by atoms with Crippen molar-refractivity contribution < 1.29 is 14.3 Å². The van der Waals surface area contributed by atoms with Crippen LogP contribution in [0.25, 0.3) is 0 Å². The Bertz CT molecular complexity index is 362. The molecule has 2 heterocycles. The molecule has 2 aliphatic rings. The summed E-state index contributed by atoms with van der Waals surface area (Å²) in [5, 5.41) is 3.29. The van der Waals surface area contributed by atoms with E-state index in [0.29, 0.717) is 19.0 Å². The van der Waals surface area contributed by atoms with Crippen LogP contribution in [0, 0.1) is 5.92 Å². The summed E-state index contributed by atoms with van der Waals surface area (Å²) >= 11 is 0. The predicted octanol–water partition coefficient (Wildman–Crippen LogP) is 1.35. The van der Waals surface area contributed by atoms with Gasteiger partial charge in [-0.3, -0.25) is 9.59 Å². The molecular formula is C14H25ClN2O3. The van der Waals surface area contributed by atoms with Crippen LogP contribution in [0.1, 0.15) is 40.0 Å². The molecule has 2 fully saturated rings. The molecule has 6 heteroatoms. The highest BCUT2D eigenvalue weighted by Gasteiger charge is 2.39. The van der Waals surface area contributed by atoms with E-state index in [1.165, 1.54) is 0 Å². The van der Waals surface area contributed by atoms with Gasteiger partial charge in [-0.2, -0.15) is 0 Å². The molecule has 1 amide bonds. The third kappa shape index (κ3) is 4.35. The quantitative estimate of drug-likeness (QED) is 0.783. The van der Waals surface area contributed by atoms with Gasteiger partial charge in [-0.1, -0.05) is 0 Å². The van der Waals surface area contributed by atoms with Crippen molar-refractivity contribution in [2.45, 2.75) is 51.7 Å². The zero-order valence-corrected chi connectivity index (χ0v) is 13.3. The Morgan fingerprint density at radius 1 is 1.30 bits per heavy atom. The summed E-state index contributed by atoms with van der Waals surface area (Å²) < 4.78 is 5.38. The molecule has 20 heavy (non-hydrogen) atoms. The second-order valence-electron chi connectivity index (χ2n) is 6.46. The number of nitrogens with one attached hydrogen (secondary N) is 1. The zero-order chi connectivity index (χ0) is 14.0. The van der Waals surface area contributed by atoms with Gasteiger partial charge in [0.05, 0.1) is 5.92 Å². The lowest BCUT2D eigenvalue weighted by atomic mass is 10.1. The molecule has 1 atom stereocenters. The monoisotopic (exact) mass is 304 g/mol. The van der Waals surface area contributed by atoms with E-state index >= 15 is 0 Å². The second kappa shape index (κ2) is 6.76. The minimum Gasteiger partial charge on any atom is -0.460 e. The minimum absolute atomic E-state index is 0. The number of hydrogen-bond donors (Lipinski definition) is 1. The van der Waals surface area contributed by atoms with Crippen molar-refractivity contribution in [2.24, 2.45) is 5.92 Å². The van der Waals surface area contributed by atoms with E-state index in [1.807, 2.05) is 25.7 Å². The van der Waals surface area contributed by atoms with Crippen molar-refractivity contribution in [3.63, 3.8) is 0 Å². The normalized spacial score (nSPS) is 24.4. The van der Waals surface area contributed by atoms with Crippen LogP contribution < -0.4 is 5.32 Å². The smallest absolute Gasteiger partial charge is 0.311 e. The average Bonchev–Trinajstić information content (AvgIpc) is 2.70. The van der Waals surface area contributed by atoms with E-state index in [0.717, 1.165) is 25.9 Å². The molecule has 5 nitrogen and oxygen atoms in total. The molecule has 116 valence electrons. The molecule has 0 aromatic rings. The number of esters is 1. The first kappa shape index (κ1) is 17.2. The fourth-order valence-electron chi connectivity index (χ4n) is 2.75. The maximum Gasteiger partial charge on any atom is 0.311 e. The van der Waals surface area contributed by atoms with Crippen LogP contribution >= 0.6 is 12.4 Å². The number of carbonyl (C=O) groups excluding carboxylic acids is 2. The van der Waals surface area contributed by atoms with Gasteiger partial charge in [0.15, 0.2) is 0 Å². The van der Waals surface area contributed by atoms with E-state index in [-0.39, 0.29) is 30.2 Å².